The van der Waals surface area contributed by atoms with Gasteiger partial charge in [-0.3, -0.25) is 0 Å². The second kappa shape index (κ2) is 3.02. The molecule has 0 aliphatic heterocycles. The van der Waals surface area contributed by atoms with Crippen molar-refractivity contribution in [3.8, 4) is 6.07 Å². The van der Waals surface area contributed by atoms with Gasteiger partial charge in [0.25, 0.3) is 0 Å². The standard InChI is InChI=1S/C8H3BrClN3/c9-5-3-12-6-1-4(2-11)8(10)13-7(5)6/h1,3,12H. The number of nitrogens with zero attached hydrogens (tertiary/aromatic N) is 2. The molecule has 2 aromatic heterocycles. The summed E-state index contributed by atoms with van der Waals surface area (Å²) in [7, 11) is 0. The fourth-order valence-corrected chi connectivity index (χ4v) is 1.67. The smallest absolute Gasteiger partial charge is 0.147 e. The molecule has 0 amide bonds. The first kappa shape index (κ1) is 8.54. The minimum absolute atomic E-state index is 0.232. The van der Waals surface area contributed by atoms with Crippen LogP contribution in [0.15, 0.2) is 16.7 Å². The number of hydrogen-bond acceptors (Lipinski definition) is 2. The SMILES string of the molecule is N#Cc1cc2[nH]cc(Br)c2nc1Cl. The summed E-state index contributed by atoms with van der Waals surface area (Å²) in [5, 5.41) is 8.92. The number of pyridine rings is 1. The summed E-state index contributed by atoms with van der Waals surface area (Å²) in [6, 6.07) is 3.64. The van der Waals surface area contributed by atoms with Crippen LogP contribution in [0.4, 0.5) is 0 Å². The van der Waals surface area contributed by atoms with Crippen molar-refractivity contribution in [1.29, 1.82) is 5.26 Å². The van der Waals surface area contributed by atoms with Crippen molar-refractivity contribution in [2.24, 2.45) is 0 Å². The van der Waals surface area contributed by atoms with Crippen LogP contribution in [0, 0.1) is 11.3 Å². The van der Waals surface area contributed by atoms with E-state index >= 15 is 0 Å². The van der Waals surface area contributed by atoms with E-state index in [4.69, 9.17) is 16.9 Å². The molecule has 1 N–H and O–H groups in total. The van der Waals surface area contributed by atoms with Gasteiger partial charge in [-0.1, -0.05) is 11.6 Å². The van der Waals surface area contributed by atoms with Gasteiger partial charge in [0.15, 0.2) is 0 Å². The summed E-state index contributed by atoms with van der Waals surface area (Å²) in [5.74, 6) is 0. The number of fused-ring (bicyclic) bond motifs is 1. The van der Waals surface area contributed by atoms with Crippen LogP contribution in [0.1, 0.15) is 5.56 Å². The summed E-state index contributed by atoms with van der Waals surface area (Å²) in [6.07, 6.45) is 1.76. The van der Waals surface area contributed by atoms with Gasteiger partial charge in [0.2, 0.25) is 0 Å². The Kier molecular flexibility index (Phi) is 1.98. The zero-order valence-corrected chi connectivity index (χ0v) is 8.65. The lowest BCUT2D eigenvalue weighted by atomic mass is 10.3. The van der Waals surface area contributed by atoms with Gasteiger partial charge >= 0.3 is 0 Å². The zero-order chi connectivity index (χ0) is 9.42. The highest BCUT2D eigenvalue weighted by atomic mass is 79.9. The topological polar surface area (TPSA) is 52.5 Å². The largest absolute Gasteiger partial charge is 0.359 e. The number of H-pyrrole nitrogens is 1. The maximum atomic E-state index is 8.68. The molecule has 0 saturated heterocycles. The van der Waals surface area contributed by atoms with Gasteiger partial charge < -0.3 is 4.98 Å². The van der Waals surface area contributed by atoms with Crippen LogP contribution in [0.2, 0.25) is 5.15 Å². The Morgan fingerprint density at radius 3 is 3.08 bits per heavy atom. The molecule has 0 saturated carbocycles. The Balaban J connectivity index is 2.85. The summed E-state index contributed by atoms with van der Waals surface area (Å²) in [4.78, 5) is 7.04. The highest BCUT2D eigenvalue weighted by molar-refractivity contribution is 9.10. The quantitative estimate of drug-likeness (QED) is 0.737. The Morgan fingerprint density at radius 1 is 1.62 bits per heavy atom. The molecule has 5 heteroatoms. The van der Waals surface area contributed by atoms with Crippen LogP contribution in [-0.2, 0) is 0 Å². The van der Waals surface area contributed by atoms with Gasteiger partial charge in [0.1, 0.15) is 16.7 Å². The molecule has 0 atom stereocenters. The molecule has 0 spiro atoms. The monoisotopic (exact) mass is 255 g/mol. The maximum absolute atomic E-state index is 8.68. The second-order valence-corrected chi connectivity index (χ2v) is 3.68. The Morgan fingerprint density at radius 2 is 2.38 bits per heavy atom. The maximum Gasteiger partial charge on any atom is 0.147 e. The van der Waals surface area contributed by atoms with E-state index in [1.165, 1.54) is 0 Å². The molecule has 0 aromatic carbocycles. The summed E-state index contributed by atoms with van der Waals surface area (Å²) in [6.45, 7) is 0. The van der Waals surface area contributed by atoms with Crippen molar-refractivity contribution in [1.82, 2.24) is 9.97 Å². The Labute approximate surface area is 87.5 Å². The van der Waals surface area contributed by atoms with E-state index in [-0.39, 0.29) is 5.15 Å². The minimum Gasteiger partial charge on any atom is -0.359 e. The number of nitrogens with one attached hydrogen (secondary N) is 1. The van der Waals surface area contributed by atoms with Crippen LogP contribution >= 0.6 is 27.5 Å². The number of halogens is 2. The van der Waals surface area contributed by atoms with Crippen LogP contribution in [0.5, 0.6) is 0 Å². The number of rotatable bonds is 0. The van der Waals surface area contributed by atoms with E-state index in [0.29, 0.717) is 5.56 Å². The third-order valence-electron chi connectivity index (χ3n) is 1.68. The highest BCUT2D eigenvalue weighted by Gasteiger charge is 2.07. The molecule has 3 nitrogen and oxygen atoms in total. The van der Waals surface area contributed by atoms with Crippen molar-refractivity contribution >= 4 is 38.6 Å². The lowest BCUT2D eigenvalue weighted by molar-refractivity contribution is 1.36. The summed E-state index contributed by atoms with van der Waals surface area (Å²) >= 11 is 9.08. The minimum atomic E-state index is 0.232. The molecule has 64 valence electrons. The first-order chi connectivity index (χ1) is 6.22. The second-order valence-electron chi connectivity index (χ2n) is 2.47. The summed E-state index contributed by atoms with van der Waals surface area (Å²) < 4.78 is 0.842. The molecular weight excluding hydrogens is 253 g/mol. The molecule has 13 heavy (non-hydrogen) atoms. The normalized spacial score (nSPS) is 10.2. The first-order valence-corrected chi connectivity index (χ1v) is 4.62. The van der Waals surface area contributed by atoms with Gasteiger partial charge in [-0.2, -0.15) is 5.26 Å². The fourth-order valence-electron chi connectivity index (χ4n) is 1.07. The summed E-state index contributed by atoms with van der Waals surface area (Å²) in [5.41, 5.74) is 1.92. The molecule has 0 unspecified atom stereocenters. The van der Waals surface area contributed by atoms with Crippen LogP contribution in [0.25, 0.3) is 11.0 Å². The Bertz CT molecular complexity index is 512. The molecule has 2 aromatic rings. The van der Waals surface area contributed by atoms with Crippen LogP contribution in [-0.4, -0.2) is 9.97 Å². The van der Waals surface area contributed by atoms with E-state index in [1.54, 1.807) is 12.3 Å². The van der Waals surface area contributed by atoms with Gasteiger partial charge in [-0.25, -0.2) is 4.98 Å². The van der Waals surface area contributed by atoms with E-state index in [1.807, 2.05) is 6.07 Å². The average molecular weight is 256 g/mol. The van der Waals surface area contributed by atoms with Gasteiger partial charge in [0.05, 0.1) is 15.6 Å². The van der Waals surface area contributed by atoms with E-state index in [2.05, 4.69) is 25.9 Å². The van der Waals surface area contributed by atoms with Gasteiger partial charge in [-0.05, 0) is 22.0 Å². The van der Waals surface area contributed by atoms with Crippen LogP contribution in [0.3, 0.4) is 0 Å². The molecule has 0 fully saturated rings. The van der Waals surface area contributed by atoms with Gasteiger partial charge in [0, 0.05) is 6.20 Å². The molecule has 2 rings (SSSR count). The molecule has 2 heterocycles. The molecular formula is C8H3BrClN3. The third kappa shape index (κ3) is 1.30. The van der Waals surface area contributed by atoms with Crippen LogP contribution < -0.4 is 0 Å². The third-order valence-corrected chi connectivity index (χ3v) is 2.57. The number of nitriles is 1. The number of hydrogen-bond donors (Lipinski definition) is 1. The van der Waals surface area contributed by atoms with Crippen molar-refractivity contribution in [3.05, 3.63) is 27.5 Å². The predicted molar refractivity (Wildman–Crippen MR) is 53.5 cm³/mol. The lowest BCUT2D eigenvalue weighted by Gasteiger charge is -1.94. The predicted octanol–water partition coefficient (Wildman–Crippen LogP) is 2.85. The van der Waals surface area contributed by atoms with E-state index < -0.39 is 0 Å². The van der Waals surface area contributed by atoms with Crippen molar-refractivity contribution in [2.45, 2.75) is 0 Å². The van der Waals surface area contributed by atoms with Gasteiger partial charge in [-0.15, -0.1) is 0 Å². The van der Waals surface area contributed by atoms with E-state index in [0.717, 1.165) is 15.5 Å². The zero-order valence-electron chi connectivity index (χ0n) is 6.31. The highest BCUT2D eigenvalue weighted by Crippen LogP contribution is 2.25. The van der Waals surface area contributed by atoms with Crippen molar-refractivity contribution in [3.63, 3.8) is 0 Å². The van der Waals surface area contributed by atoms with E-state index in [9.17, 15) is 0 Å². The Hall–Kier alpha value is -1.05. The number of aromatic nitrogens is 2. The van der Waals surface area contributed by atoms with Crippen molar-refractivity contribution in [2.75, 3.05) is 0 Å². The fraction of sp³-hybridized carbons (Fsp3) is 0. The first-order valence-electron chi connectivity index (χ1n) is 3.45. The molecule has 0 aliphatic rings. The van der Waals surface area contributed by atoms with Crippen molar-refractivity contribution < 1.29 is 0 Å². The number of aromatic amines is 1. The molecule has 0 aliphatic carbocycles. The average Bonchev–Trinajstić information content (AvgIpc) is 2.47. The molecule has 0 bridgehead atoms. The lowest BCUT2D eigenvalue weighted by Crippen LogP contribution is -1.83. The molecule has 0 radical (unpaired) electrons.